The average Bonchev–Trinajstić information content (AvgIpc) is 2.50. The van der Waals surface area contributed by atoms with Crippen LogP contribution >= 0.6 is 0 Å². The molecule has 0 spiro atoms. The van der Waals surface area contributed by atoms with Crippen LogP contribution in [0.4, 0.5) is 0 Å². The summed E-state index contributed by atoms with van der Waals surface area (Å²) in [4.78, 5) is 0. The Morgan fingerprint density at radius 2 is 1.82 bits per heavy atom. The standard InChI is InChI=1S/C11H20/c1-2-3-4-5-8-11-9-6-7-10-11/h6-7,11H,2-5,8-10H2,1H3. The zero-order valence-corrected chi connectivity index (χ0v) is 7.68. The summed E-state index contributed by atoms with van der Waals surface area (Å²) in [5.41, 5.74) is 0. The maximum Gasteiger partial charge on any atom is -0.0319 e. The third kappa shape index (κ3) is 3.60. The van der Waals surface area contributed by atoms with E-state index in [1.807, 2.05) is 0 Å². The van der Waals surface area contributed by atoms with Crippen LogP contribution in [0.25, 0.3) is 0 Å². The van der Waals surface area contributed by atoms with Crippen molar-refractivity contribution in [2.24, 2.45) is 5.92 Å². The third-order valence-corrected chi connectivity index (χ3v) is 2.57. The van der Waals surface area contributed by atoms with Crippen molar-refractivity contribution in [2.75, 3.05) is 0 Å². The third-order valence-electron chi connectivity index (χ3n) is 2.57. The van der Waals surface area contributed by atoms with Crippen molar-refractivity contribution in [1.82, 2.24) is 0 Å². The predicted molar refractivity (Wildman–Crippen MR) is 50.6 cm³/mol. The molecule has 1 aliphatic carbocycles. The van der Waals surface area contributed by atoms with Crippen LogP contribution in [0.1, 0.15) is 51.9 Å². The molecule has 0 amide bonds. The van der Waals surface area contributed by atoms with E-state index >= 15 is 0 Å². The number of hydrogen-bond acceptors (Lipinski definition) is 0. The van der Waals surface area contributed by atoms with Crippen LogP contribution < -0.4 is 0 Å². The molecule has 64 valence electrons. The Bertz CT molecular complexity index is 105. The zero-order valence-electron chi connectivity index (χ0n) is 7.68. The minimum absolute atomic E-state index is 1.01. The van der Waals surface area contributed by atoms with Crippen molar-refractivity contribution in [3.8, 4) is 0 Å². The molecule has 0 aromatic carbocycles. The van der Waals surface area contributed by atoms with E-state index in [0.717, 1.165) is 5.92 Å². The fraction of sp³-hybridized carbons (Fsp3) is 0.818. The summed E-state index contributed by atoms with van der Waals surface area (Å²) >= 11 is 0. The minimum atomic E-state index is 1.01. The molecule has 0 saturated heterocycles. The SMILES string of the molecule is CCCCCCC1CC=CC1. The molecular formula is C11H20. The summed E-state index contributed by atoms with van der Waals surface area (Å²) in [5.74, 6) is 1.01. The van der Waals surface area contributed by atoms with Crippen molar-refractivity contribution in [1.29, 1.82) is 0 Å². The smallest absolute Gasteiger partial charge is 0.0319 e. The van der Waals surface area contributed by atoms with Crippen molar-refractivity contribution < 1.29 is 0 Å². The summed E-state index contributed by atoms with van der Waals surface area (Å²) in [5, 5.41) is 0. The topological polar surface area (TPSA) is 0 Å². The van der Waals surface area contributed by atoms with Gasteiger partial charge in [-0.05, 0) is 25.2 Å². The molecule has 0 nitrogen and oxygen atoms in total. The van der Waals surface area contributed by atoms with E-state index in [2.05, 4.69) is 19.1 Å². The highest BCUT2D eigenvalue weighted by atomic mass is 14.1. The Hall–Kier alpha value is -0.260. The molecule has 0 bridgehead atoms. The Balaban J connectivity index is 1.87. The molecule has 0 saturated carbocycles. The summed E-state index contributed by atoms with van der Waals surface area (Å²) < 4.78 is 0. The summed E-state index contributed by atoms with van der Waals surface area (Å²) in [6.07, 6.45) is 14.6. The van der Waals surface area contributed by atoms with E-state index in [1.165, 1.54) is 44.9 Å². The van der Waals surface area contributed by atoms with E-state index in [-0.39, 0.29) is 0 Å². The van der Waals surface area contributed by atoms with Gasteiger partial charge >= 0.3 is 0 Å². The van der Waals surface area contributed by atoms with Crippen LogP contribution in [0.2, 0.25) is 0 Å². The highest BCUT2D eigenvalue weighted by Gasteiger charge is 2.08. The van der Waals surface area contributed by atoms with Crippen molar-refractivity contribution in [2.45, 2.75) is 51.9 Å². The molecule has 0 aromatic heterocycles. The fourth-order valence-corrected chi connectivity index (χ4v) is 1.77. The lowest BCUT2D eigenvalue weighted by Gasteiger charge is -2.07. The molecule has 0 aliphatic heterocycles. The van der Waals surface area contributed by atoms with Crippen LogP contribution in [-0.4, -0.2) is 0 Å². The van der Waals surface area contributed by atoms with Gasteiger partial charge in [0.25, 0.3) is 0 Å². The lowest BCUT2D eigenvalue weighted by atomic mass is 9.99. The van der Waals surface area contributed by atoms with Gasteiger partial charge in [0.05, 0.1) is 0 Å². The number of rotatable bonds is 5. The Labute approximate surface area is 70.7 Å². The number of unbranched alkanes of at least 4 members (excludes halogenated alkanes) is 3. The van der Waals surface area contributed by atoms with Crippen molar-refractivity contribution in [3.05, 3.63) is 12.2 Å². The van der Waals surface area contributed by atoms with Gasteiger partial charge in [-0.2, -0.15) is 0 Å². The van der Waals surface area contributed by atoms with Crippen LogP contribution in [0, 0.1) is 5.92 Å². The molecule has 0 unspecified atom stereocenters. The van der Waals surface area contributed by atoms with E-state index in [9.17, 15) is 0 Å². The lowest BCUT2D eigenvalue weighted by Crippen LogP contribution is -1.92. The quantitative estimate of drug-likeness (QED) is 0.413. The van der Waals surface area contributed by atoms with Gasteiger partial charge in [-0.1, -0.05) is 44.8 Å². The molecule has 1 aliphatic rings. The zero-order chi connectivity index (χ0) is 7.94. The average molecular weight is 152 g/mol. The molecule has 0 aromatic rings. The predicted octanol–water partition coefficient (Wildman–Crippen LogP) is 3.92. The van der Waals surface area contributed by atoms with Crippen LogP contribution in [-0.2, 0) is 0 Å². The fourth-order valence-electron chi connectivity index (χ4n) is 1.77. The van der Waals surface area contributed by atoms with Gasteiger partial charge in [0.1, 0.15) is 0 Å². The van der Waals surface area contributed by atoms with Gasteiger partial charge in [0.15, 0.2) is 0 Å². The lowest BCUT2D eigenvalue weighted by molar-refractivity contribution is 0.480. The van der Waals surface area contributed by atoms with E-state index in [1.54, 1.807) is 0 Å². The van der Waals surface area contributed by atoms with Gasteiger partial charge in [0.2, 0.25) is 0 Å². The maximum atomic E-state index is 2.34. The molecule has 11 heavy (non-hydrogen) atoms. The second kappa shape index (κ2) is 5.40. The highest BCUT2D eigenvalue weighted by Crippen LogP contribution is 2.23. The molecule has 0 radical (unpaired) electrons. The Morgan fingerprint density at radius 3 is 2.45 bits per heavy atom. The first-order chi connectivity index (χ1) is 5.43. The van der Waals surface area contributed by atoms with Gasteiger partial charge in [0, 0.05) is 0 Å². The van der Waals surface area contributed by atoms with Gasteiger partial charge in [-0.3, -0.25) is 0 Å². The molecule has 0 N–H and O–H groups in total. The first kappa shape index (κ1) is 8.83. The second-order valence-corrected chi connectivity index (χ2v) is 3.66. The van der Waals surface area contributed by atoms with Crippen LogP contribution in [0.3, 0.4) is 0 Å². The van der Waals surface area contributed by atoms with Crippen LogP contribution in [0.5, 0.6) is 0 Å². The summed E-state index contributed by atoms with van der Waals surface area (Å²) in [6.45, 7) is 2.27. The Kier molecular flexibility index (Phi) is 4.33. The normalized spacial score (nSPS) is 17.9. The molecule has 1 rings (SSSR count). The molecule has 0 heteroatoms. The largest absolute Gasteiger partial charge is 0.0882 e. The second-order valence-electron chi connectivity index (χ2n) is 3.66. The molecule has 0 heterocycles. The maximum absolute atomic E-state index is 2.34. The summed E-state index contributed by atoms with van der Waals surface area (Å²) in [6, 6.07) is 0. The Morgan fingerprint density at radius 1 is 1.09 bits per heavy atom. The summed E-state index contributed by atoms with van der Waals surface area (Å²) in [7, 11) is 0. The first-order valence-corrected chi connectivity index (χ1v) is 5.08. The van der Waals surface area contributed by atoms with Crippen molar-refractivity contribution in [3.63, 3.8) is 0 Å². The highest BCUT2D eigenvalue weighted by molar-refractivity contribution is 4.93. The molecule has 0 atom stereocenters. The minimum Gasteiger partial charge on any atom is -0.0882 e. The molecular weight excluding hydrogens is 132 g/mol. The van der Waals surface area contributed by atoms with E-state index < -0.39 is 0 Å². The monoisotopic (exact) mass is 152 g/mol. The van der Waals surface area contributed by atoms with Gasteiger partial charge in [-0.25, -0.2) is 0 Å². The van der Waals surface area contributed by atoms with Crippen LogP contribution in [0.15, 0.2) is 12.2 Å². The molecule has 0 fully saturated rings. The number of allylic oxidation sites excluding steroid dienone is 2. The van der Waals surface area contributed by atoms with E-state index in [4.69, 9.17) is 0 Å². The number of hydrogen-bond donors (Lipinski definition) is 0. The van der Waals surface area contributed by atoms with Gasteiger partial charge < -0.3 is 0 Å². The van der Waals surface area contributed by atoms with E-state index in [0.29, 0.717) is 0 Å². The van der Waals surface area contributed by atoms with Gasteiger partial charge in [-0.15, -0.1) is 0 Å². The first-order valence-electron chi connectivity index (χ1n) is 5.08. The van der Waals surface area contributed by atoms with Crippen molar-refractivity contribution >= 4 is 0 Å².